The van der Waals surface area contributed by atoms with Crippen molar-refractivity contribution in [3.05, 3.63) is 0 Å². The normalized spacial score (nSPS) is 25.3. The molecule has 0 aromatic carbocycles. The second-order valence-electron chi connectivity index (χ2n) is 10.2. The van der Waals surface area contributed by atoms with Gasteiger partial charge in [0.25, 0.3) is 0 Å². The summed E-state index contributed by atoms with van der Waals surface area (Å²) in [4.78, 5) is 20.2. The molecule has 6 nitrogen and oxygen atoms in total. The summed E-state index contributed by atoms with van der Waals surface area (Å²) in [5, 5.41) is 12.2. The first-order valence-electron chi connectivity index (χ1n) is 9.89. The van der Waals surface area contributed by atoms with Crippen molar-refractivity contribution in [2.24, 2.45) is 5.92 Å². The van der Waals surface area contributed by atoms with Crippen molar-refractivity contribution in [1.29, 1.82) is 0 Å². The number of hydrogen-bond donors (Lipinski definition) is 1. The highest BCUT2D eigenvalue weighted by atomic mass is 16.7. The lowest BCUT2D eigenvalue weighted by molar-refractivity contribution is -0.297. The molecule has 0 aromatic heterocycles. The van der Waals surface area contributed by atoms with E-state index < -0.39 is 5.60 Å². The molecule has 0 saturated carbocycles. The average molecular weight is 371 g/mol. The van der Waals surface area contributed by atoms with Crippen molar-refractivity contribution < 1.29 is 19.5 Å². The first-order chi connectivity index (χ1) is 11.8. The summed E-state index contributed by atoms with van der Waals surface area (Å²) < 4.78 is 5.46. The molecule has 0 radical (unpaired) electrons. The van der Waals surface area contributed by atoms with Crippen molar-refractivity contribution in [1.82, 2.24) is 9.96 Å². The molecule has 0 aliphatic carbocycles. The zero-order chi connectivity index (χ0) is 19.8. The summed E-state index contributed by atoms with van der Waals surface area (Å²) in [6.45, 7) is 16.3. The maximum Gasteiger partial charge on any atom is 0.410 e. The molecule has 26 heavy (non-hydrogen) atoms. The second-order valence-corrected chi connectivity index (χ2v) is 10.2. The lowest BCUT2D eigenvalue weighted by atomic mass is 9.80. The van der Waals surface area contributed by atoms with Gasteiger partial charge in [-0.3, -0.25) is 4.84 Å². The summed E-state index contributed by atoms with van der Waals surface area (Å²) in [6.07, 6.45) is 2.79. The molecular formula is C20H38N2O4. The van der Waals surface area contributed by atoms with Crippen molar-refractivity contribution in [2.45, 2.75) is 96.9 Å². The lowest BCUT2D eigenvalue weighted by Crippen LogP contribution is -2.61. The van der Waals surface area contributed by atoms with E-state index in [1.165, 1.54) is 0 Å². The van der Waals surface area contributed by atoms with Crippen molar-refractivity contribution in [3.8, 4) is 0 Å². The van der Waals surface area contributed by atoms with Gasteiger partial charge in [-0.25, -0.2) is 4.79 Å². The van der Waals surface area contributed by atoms with Crippen LogP contribution in [0.25, 0.3) is 0 Å². The van der Waals surface area contributed by atoms with Crippen LogP contribution in [0, 0.1) is 5.92 Å². The van der Waals surface area contributed by atoms with Crippen LogP contribution in [-0.2, 0) is 9.57 Å². The minimum absolute atomic E-state index is 0.196. The SMILES string of the molecule is CC(C)(C)OC(=O)N1CCC(CON2C(C)(C)CC(O)CC2(C)C)CC1. The van der Waals surface area contributed by atoms with E-state index in [9.17, 15) is 9.90 Å². The molecule has 2 rings (SSSR count). The highest BCUT2D eigenvalue weighted by molar-refractivity contribution is 5.68. The van der Waals surface area contributed by atoms with Gasteiger partial charge in [0.15, 0.2) is 0 Å². The smallest absolute Gasteiger partial charge is 0.410 e. The standard InChI is InChI=1S/C20H38N2O4/c1-18(2,3)26-17(24)21-10-8-15(9-11-21)14-25-22-19(4,5)12-16(23)13-20(22,6)7/h15-16,23H,8-14H2,1-7H3. The van der Waals surface area contributed by atoms with Gasteiger partial charge in [-0.1, -0.05) is 0 Å². The van der Waals surface area contributed by atoms with Crippen LogP contribution in [0.15, 0.2) is 0 Å². The fourth-order valence-electron chi connectivity index (χ4n) is 4.35. The summed E-state index contributed by atoms with van der Waals surface area (Å²) >= 11 is 0. The fourth-order valence-corrected chi connectivity index (χ4v) is 4.35. The third-order valence-electron chi connectivity index (χ3n) is 5.28. The molecule has 2 aliphatic rings. The van der Waals surface area contributed by atoms with Gasteiger partial charge in [0, 0.05) is 24.2 Å². The first kappa shape index (κ1) is 21.5. The minimum atomic E-state index is -0.451. The number of ether oxygens (including phenoxy) is 1. The number of amides is 1. The average Bonchev–Trinajstić information content (AvgIpc) is 2.43. The number of rotatable bonds is 3. The van der Waals surface area contributed by atoms with E-state index in [0.717, 1.165) is 12.8 Å². The number of hydroxylamine groups is 2. The molecule has 2 heterocycles. The molecule has 0 unspecified atom stereocenters. The van der Waals surface area contributed by atoms with E-state index in [2.05, 4.69) is 32.8 Å². The summed E-state index contributed by atoms with van der Waals surface area (Å²) in [5.74, 6) is 0.437. The minimum Gasteiger partial charge on any atom is -0.444 e. The Morgan fingerprint density at radius 1 is 1.08 bits per heavy atom. The van der Waals surface area contributed by atoms with Crippen LogP contribution in [-0.4, -0.2) is 63.6 Å². The highest BCUT2D eigenvalue weighted by Gasteiger charge is 2.46. The molecule has 2 aliphatic heterocycles. The first-order valence-corrected chi connectivity index (χ1v) is 9.89. The molecule has 0 bridgehead atoms. The molecule has 6 heteroatoms. The maximum absolute atomic E-state index is 12.2. The summed E-state index contributed by atoms with van der Waals surface area (Å²) in [7, 11) is 0. The van der Waals surface area contributed by atoms with Crippen molar-refractivity contribution in [2.75, 3.05) is 19.7 Å². The molecule has 152 valence electrons. The zero-order valence-electron chi connectivity index (χ0n) is 17.7. The second kappa shape index (κ2) is 7.64. The van der Waals surface area contributed by atoms with Gasteiger partial charge in [-0.05, 0) is 80.1 Å². The van der Waals surface area contributed by atoms with Gasteiger partial charge >= 0.3 is 6.09 Å². The van der Waals surface area contributed by atoms with Gasteiger partial charge in [-0.2, -0.15) is 5.06 Å². The third-order valence-corrected chi connectivity index (χ3v) is 5.28. The maximum atomic E-state index is 12.2. The van der Waals surface area contributed by atoms with Crippen LogP contribution in [0.2, 0.25) is 0 Å². The summed E-state index contributed by atoms with van der Waals surface area (Å²) in [5.41, 5.74) is -0.843. The Labute approximate surface area is 158 Å². The fraction of sp³-hybridized carbons (Fsp3) is 0.950. The lowest BCUT2D eigenvalue weighted by Gasteiger charge is -2.53. The van der Waals surface area contributed by atoms with Gasteiger partial charge in [0.2, 0.25) is 0 Å². The van der Waals surface area contributed by atoms with Gasteiger partial charge in [-0.15, -0.1) is 0 Å². The Morgan fingerprint density at radius 3 is 2.04 bits per heavy atom. The number of aliphatic hydroxyl groups excluding tert-OH is 1. The topological polar surface area (TPSA) is 62.2 Å². The molecule has 0 atom stereocenters. The Kier molecular flexibility index (Phi) is 6.31. The van der Waals surface area contributed by atoms with E-state index in [1.54, 1.807) is 4.90 Å². The van der Waals surface area contributed by atoms with Crippen LogP contribution < -0.4 is 0 Å². The zero-order valence-corrected chi connectivity index (χ0v) is 17.7. The quantitative estimate of drug-likeness (QED) is 0.823. The summed E-state index contributed by atoms with van der Waals surface area (Å²) in [6, 6.07) is 0. The van der Waals surface area contributed by atoms with E-state index in [1.807, 2.05) is 20.8 Å². The third kappa shape index (κ3) is 5.57. The Balaban J connectivity index is 1.83. The predicted octanol–water partition coefficient (Wildman–Crippen LogP) is 3.58. The monoisotopic (exact) mass is 370 g/mol. The van der Waals surface area contributed by atoms with E-state index in [0.29, 0.717) is 38.5 Å². The number of nitrogens with zero attached hydrogens (tertiary/aromatic N) is 2. The van der Waals surface area contributed by atoms with Crippen LogP contribution in [0.5, 0.6) is 0 Å². The van der Waals surface area contributed by atoms with Crippen LogP contribution in [0.1, 0.15) is 74.1 Å². The number of hydrogen-bond acceptors (Lipinski definition) is 5. The molecule has 0 spiro atoms. The number of carbonyl (C=O) groups is 1. The van der Waals surface area contributed by atoms with Crippen molar-refractivity contribution >= 4 is 6.09 Å². The molecule has 1 N–H and O–H groups in total. The number of aliphatic hydroxyl groups is 1. The predicted molar refractivity (Wildman–Crippen MR) is 102 cm³/mol. The largest absolute Gasteiger partial charge is 0.444 e. The van der Waals surface area contributed by atoms with E-state index in [4.69, 9.17) is 9.57 Å². The molecule has 2 fully saturated rings. The number of likely N-dealkylation sites (tertiary alicyclic amines) is 1. The van der Waals surface area contributed by atoms with Crippen LogP contribution >= 0.6 is 0 Å². The van der Waals surface area contributed by atoms with Crippen molar-refractivity contribution in [3.63, 3.8) is 0 Å². The van der Waals surface area contributed by atoms with Crippen LogP contribution in [0.3, 0.4) is 0 Å². The number of carbonyl (C=O) groups excluding carboxylic acids is 1. The van der Waals surface area contributed by atoms with E-state index >= 15 is 0 Å². The highest BCUT2D eigenvalue weighted by Crippen LogP contribution is 2.39. The Hall–Kier alpha value is -0.850. The van der Waals surface area contributed by atoms with Gasteiger partial charge in [0.05, 0.1) is 12.7 Å². The Morgan fingerprint density at radius 2 is 1.58 bits per heavy atom. The number of piperidine rings is 2. The van der Waals surface area contributed by atoms with Crippen LogP contribution in [0.4, 0.5) is 4.79 Å². The molecule has 2 saturated heterocycles. The Bertz CT molecular complexity index is 473. The van der Waals surface area contributed by atoms with E-state index in [-0.39, 0.29) is 23.3 Å². The molecule has 1 amide bonds. The molecule has 0 aromatic rings. The van der Waals surface area contributed by atoms with Gasteiger partial charge in [0.1, 0.15) is 5.60 Å². The van der Waals surface area contributed by atoms with Gasteiger partial charge < -0.3 is 14.7 Å². The molecular weight excluding hydrogens is 332 g/mol.